The zero-order valence-corrected chi connectivity index (χ0v) is 13.6. The summed E-state index contributed by atoms with van der Waals surface area (Å²) in [5.74, 6) is 0.793. The largest absolute Gasteiger partial charge is 0.0836 e. The van der Waals surface area contributed by atoms with Gasteiger partial charge < -0.3 is 0 Å². The number of benzene rings is 2. The second-order valence-corrected chi connectivity index (χ2v) is 7.06. The molecule has 1 saturated carbocycles. The number of rotatable bonds is 2. The van der Waals surface area contributed by atoms with Gasteiger partial charge in [0.25, 0.3) is 0 Å². The monoisotopic (exact) mass is 330 g/mol. The highest BCUT2D eigenvalue weighted by Crippen LogP contribution is 2.41. The molecule has 1 atom stereocenters. The van der Waals surface area contributed by atoms with Gasteiger partial charge in [0.05, 0.1) is 0 Å². The van der Waals surface area contributed by atoms with Gasteiger partial charge in [-0.15, -0.1) is 0 Å². The zero-order valence-electron chi connectivity index (χ0n) is 12.0. The van der Waals surface area contributed by atoms with Crippen LogP contribution in [0, 0.1) is 5.92 Å². The van der Waals surface area contributed by atoms with Crippen LogP contribution in [0.4, 0.5) is 0 Å². The van der Waals surface area contributed by atoms with E-state index in [4.69, 9.17) is 0 Å². The summed E-state index contributed by atoms with van der Waals surface area (Å²) < 4.78 is 0. The maximum Gasteiger partial charge on any atom is 0.0429 e. The number of hydrogen-bond donors (Lipinski definition) is 0. The highest BCUT2D eigenvalue weighted by molar-refractivity contribution is 9.09. The van der Waals surface area contributed by atoms with E-state index in [1.165, 1.54) is 61.3 Å². The molecular weight excluding hydrogens is 308 g/mol. The summed E-state index contributed by atoms with van der Waals surface area (Å²) in [4.78, 5) is 0.506. The van der Waals surface area contributed by atoms with Crippen molar-refractivity contribution in [1.29, 1.82) is 0 Å². The van der Waals surface area contributed by atoms with Crippen molar-refractivity contribution < 1.29 is 0 Å². The fourth-order valence-electron chi connectivity index (χ4n) is 3.53. The van der Waals surface area contributed by atoms with Crippen LogP contribution in [-0.4, -0.2) is 0 Å². The fourth-order valence-corrected chi connectivity index (χ4v) is 4.45. The van der Waals surface area contributed by atoms with E-state index in [-0.39, 0.29) is 0 Å². The number of hydrogen-bond acceptors (Lipinski definition) is 0. The van der Waals surface area contributed by atoms with E-state index in [0.29, 0.717) is 4.83 Å². The van der Waals surface area contributed by atoms with Crippen molar-refractivity contribution in [3.05, 3.63) is 48.0 Å². The molecule has 106 valence electrons. The lowest BCUT2D eigenvalue weighted by Crippen LogP contribution is -2.10. The Morgan fingerprint density at radius 2 is 1.45 bits per heavy atom. The third kappa shape index (κ3) is 3.09. The van der Waals surface area contributed by atoms with Gasteiger partial charge in [0.15, 0.2) is 0 Å². The first-order valence-electron chi connectivity index (χ1n) is 7.98. The van der Waals surface area contributed by atoms with Crippen LogP contribution in [0.15, 0.2) is 42.5 Å². The van der Waals surface area contributed by atoms with Crippen LogP contribution in [0.25, 0.3) is 10.8 Å². The SMILES string of the molecule is BrC(c1cccc2ccccc12)C1CCCCCCC1. The zero-order chi connectivity index (χ0) is 13.8. The van der Waals surface area contributed by atoms with Gasteiger partial charge in [-0.2, -0.15) is 0 Å². The Morgan fingerprint density at radius 1 is 0.800 bits per heavy atom. The van der Waals surface area contributed by atoms with E-state index >= 15 is 0 Å². The lowest BCUT2D eigenvalue weighted by atomic mass is 9.85. The van der Waals surface area contributed by atoms with Gasteiger partial charge in [0, 0.05) is 4.83 Å². The fraction of sp³-hybridized carbons (Fsp3) is 0.474. The van der Waals surface area contributed by atoms with Crippen molar-refractivity contribution >= 4 is 26.7 Å². The molecular formula is C19H23Br. The number of fused-ring (bicyclic) bond motifs is 1. The molecule has 0 saturated heterocycles. The number of halogens is 1. The Balaban J connectivity index is 1.89. The van der Waals surface area contributed by atoms with E-state index in [1.54, 1.807) is 0 Å². The minimum atomic E-state index is 0.506. The predicted octanol–water partition coefficient (Wildman–Crippen LogP) is 6.64. The molecule has 1 heteroatoms. The molecule has 3 rings (SSSR count). The third-order valence-electron chi connectivity index (χ3n) is 4.68. The molecule has 1 aliphatic rings. The van der Waals surface area contributed by atoms with E-state index < -0.39 is 0 Å². The van der Waals surface area contributed by atoms with E-state index in [1.807, 2.05) is 0 Å². The van der Waals surface area contributed by atoms with Gasteiger partial charge in [-0.3, -0.25) is 0 Å². The first-order valence-corrected chi connectivity index (χ1v) is 8.89. The van der Waals surface area contributed by atoms with Crippen LogP contribution in [0.3, 0.4) is 0 Å². The molecule has 0 heterocycles. The quantitative estimate of drug-likeness (QED) is 0.541. The van der Waals surface area contributed by atoms with Crippen molar-refractivity contribution in [2.24, 2.45) is 5.92 Å². The first kappa shape index (κ1) is 14.1. The van der Waals surface area contributed by atoms with Crippen molar-refractivity contribution in [2.45, 2.75) is 49.8 Å². The molecule has 0 N–H and O–H groups in total. The molecule has 20 heavy (non-hydrogen) atoms. The summed E-state index contributed by atoms with van der Waals surface area (Å²) in [6.45, 7) is 0. The molecule has 0 amide bonds. The highest BCUT2D eigenvalue weighted by Gasteiger charge is 2.22. The Morgan fingerprint density at radius 3 is 2.25 bits per heavy atom. The van der Waals surface area contributed by atoms with Crippen molar-refractivity contribution in [1.82, 2.24) is 0 Å². The molecule has 1 fully saturated rings. The van der Waals surface area contributed by atoms with Gasteiger partial charge in [-0.1, -0.05) is 90.5 Å². The molecule has 0 aromatic heterocycles. The second kappa shape index (κ2) is 6.76. The molecule has 0 aliphatic heterocycles. The van der Waals surface area contributed by atoms with Crippen LogP contribution in [0.1, 0.15) is 55.3 Å². The summed E-state index contributed by atoms with van der Waals surface area (Å²) in [6, 6.07) is 15.5. The average Bonchev–Trinajstić information content (AvgIpc) is 2.46. The third-order valence-corrected chi connectivity index (χ3v) is 5.93. The van der Waals surface area contributed by atoms with Crippen LogP contribution in [0.2, 0.25) is 0 Å². The van der Waals surface area contributed by atoms with Crippen molar-refractivity contribution in [3.8, 4) is 0 Å². The van der Waals surface area contributed by atoms with Crippen LogP contribution < -0.4 is 0 Å². The van der Waals surface area contributed by atoms with Gasteiger partial charge >= 0.3 is 0 Å². The molecule has 1 aliphatic carbocycles. The number of alkyl halides is 1. The molecule has 0 radical (unpaired) electrons. The summed E-state index contributed by atoms with van der Waals surface area (Å²) in [6.07, 6.45) is 9.83. The van der Waals surface area contributed by atoms with Gasteiger partial charge in [-0.05, 0) is 35.1 Å². The van der Waals surface area contributed by atoms with Crippen molar-refractivity contribution in [2.75, 3.05) is 0 Å². The van der Waals surface area contributed by atoms with Gasteiger partial charge in [0.2, 0.25) is 0 Å². The maximum atomic E-state index is 4.03. The van der Waals surface area contributed by atoms with Crippen LogP contribution in [0.5, 0.6) is 0 Å². The van der Waals surface area contributed by atoms with Gasteiger partial charge in [-0.25, -0.2) is 0 Å². The maximum absolute atomic E-state index is 4.03. The van der Waals surface area contributed by atoms with Gasteiger partial charge in [0.1, 0.15) is 0 Å². The molecule has 2 aromatic rings. The minimum absolute atomic E-state index is 0.506. The summed E-state index contributed by atoms with van der Waals surface area (Å²) in [5.41, 5.74) is 1.48. The van der Waals surface area contributed by atoms with Crippen molar-refractivity contribution in [3.63, 3.8) is 0 Å². The predicted molar refractivity (Wildman–Crippen MR) is 91.4 cm³/mol. The Bertz CT molecular complexity index is 547. The Labute approximate surface area is 130 Å². The Hall–Kier alpha value is -0.820. The molecule has 0 bridgehead atoms. The first-order chi connectivity index (χ1) is 9.86. The summed E-state index contributed by atoms with van der Waals surface area (Å²) in [7, 11) is 0. The molecule has 2 aromatic carbocycles. The van der Waals surface area contributed by atoms with E-state index in [0.717, 1.165) is 5.92 Å². The highest BCUT2D eigenvalue weighted by atomic mass is 79.9. The topological polar surface area (TPSA) is 0 Å². The lowest BCUT2D eigenvalue weighted by Gasteiger charge is -2.26. The summed E-state index contributed by atoms with van der Waals surface area (Å²) in [5, 5.41) is 2.78. The molecule has 0 nitrogen and oxygen atoms in total. The average molecular weight is 331 g/mol. The van der Waals surface area contributed by atoms with E-state index in [2.05, 4.69) is 58.4 Å². The standard InChI is InChI=1S/C19H23Br/c20-19(16-10-4-2-1-3-5-11-16)18-14-8-12-15-9-6-7-13-17(15)18/h6-9,12-14,16,19H,1-5,10-11H2. The van der Waals surface area contributed by atoms with Crippen LogP contribution >= 0.6 is 15.9 Å². The normalized spacial score (nSPS) is 19.4. The second-order valence-electron chi connectivity index (χ2n) is 6.08. The van der Waals surface area contributed by atoms with Crippen LogP contribution in [-0.2, 0) is 0 Å². The Kier molecular flexibility index (Phi) is 4.77. The molecule has 0 spiro atoms. The summed E-state index contributed by atoms with van der Waals surface area (Å²) >= 11 is 4.03. The van der Waals surface area contributed by atoms with E-state index in [9.17, 15) is 0 Å². The lowest BCUT2D eigenvalue weighted by molar-refractivity contribution is 0.375. The minimum Gasteiger partial charge on any atom is -0.0836 e. The smallest absolute Gasteiger partial charge is 0.0429 e. The molecule has 1 unspecified atom stereocenters.